The van der Waals surface area contributed by atoms with Crippen molar-refractivity contribution in [2.75, 3.05) is 24.5 Å². The Morgan fingerprint density at radius 3 is 2.27 bits per heavy atom. The summed E-state index contributed by atoms with van der Waals surface area (Å²) in [6, 6.07) is 28.5. The molecule has 10 heteroatoms. The van der Waals surface area contributed by atoms with E-state index in [0.29, 0.717) is 29.3 Å². The number of sulfonamides is 1. The first kappa shape index (κ1) is 33.6. The minimum Gasteiger partial charge on any atom is -0.497 e. The molecule has 0 spiro atoms. The molecule has 0 saturated carbocycles. The monoisotopic (exact) mass is 647 g/mol. The van der Waals surface area contributed by atoms with Crippen molar-refractivity contribution in [3.05, 3.63) is 125 Å². The predicted molar refractivity (Wildman–Crippen MR) is 178 cm³/mol. The number of carbonyl (C=O) groups is 2. The molecule has 0 aromatic heterocycles. The van der Waals surface area contributed by atoms with Crippen LogP contribution in [0.5, 0.6) is 5.75 Å². The van der Waals surface area contributed by atoms with E-state index in [0.717, 1.165) is 15.4 Å². The van der Waals surface area contributed by atoms with Crippen LogP contribution in [0.2, 0.25) is 5.02 Å². The van der Waals surface area contributed by atoms with Gasteiger partial charge in [-0.3, -0.25) is 13.9 Å². The Labute approximate surface area is 270 Å². The zero-order valence-corrected chi connectivity index (χ0v) is 27.2. The third-order valence-corrected chi connectivity index (χ3v) is 9.50. The van der Waals surface area contributed by atoms with Gasteiger partial charge >= 0.3 is 0 Å². The third kappa shape index (κ3) is 8.65. The number of benzene rings is 4. The molecule has 4 aromatic carbocycles. The molecule has 8 nitrogen and oxygen atoms in total. The van der Waals surface area contributed by atoms with Crippen LogP contribution in [0.3, 0.4) is 0 Å². The first-order chi connectivity index (χ1) is 21.6. The second-order valence-corrected chi connectivity index (χ2v) is 12.9. The highest BCUT2D eigenvalue weighted by molar-refractivity contribution is 7.92. The van der Waals surface area contributed by atoms with Crippen LogP contribution in [0.4, 0.5) is 5.69 Å². The number of hydrogen-bond acceptors (Lipinski definition) is 5. The van der Waals surface area contributed by atoms with Crippen LogP contribution in [0.15, 0.2) is 108 Å². The number of rotatable bonds is 14. The number of amides is 2. The molecule has 1 atom stereocenters. The van der Waals surface area contributed by atoms with Gasteiger partial charge in [0.1, 0.15) is 18.3 Å². The van der Waals surface area contributed by atoms with Crippen LogP contribution in [0, 0.1) is 6.92 Å². The van der Waals surface area contributed by atoms with Crippen molar-refractivity contribution >= 4 is 39.1 Å². The van der Waals surface area contributed by atoms with E-state index >= 15 is 0 Å². The number of ether oxygens (including phenoxy) is 1. The van der Waals surface area contributed by atoms with Gasteiger partial charge < -0.3 is 15.0 Å². The number of methoxy groups -OCH3 is 1. The zero-order chi connectivity index (χ0) is 32.4. The van der Waals surface area contributed by atoms with E-state index in [9.17, 15) is 18.0 Å². The molecule has 4 rings (SSSR count). The van der Waals surface area contributed by atoms with Crippen molar-refractivity contribution in [3.63, 3.8) is 0 Å². The molecule has 0 radical (unpaired) electrons. The molecule has 0 fully saturated rings. The second-order valence-electron chi connectivity index (χ2n) is 10.6. The number of hydrogen-bond donors (Lipinski definition) is 1. The minimum atomic E-state index is -4.22. The van der Waals surface area contributed by atoms with Crippen LogP contribution in [-0.4, -0.2) is 51.4 Å². The lowest BCUT2D eigenvalue weighted by Gasteiger charge is -2.34. The van der Waals surface area contributed by atoms with E-state index in [2.05, 4.69) is 5.32 Å². The average Bonchev–Trinajstić information content (AvgIpc) is 3.05. The average molecular weight is 648 g/mol. The van der Waals surface area contributed by atoms with Crippen molar-refractivity contribution in [1.29, 1.82) is 0 Å². The normalized spacial score (nSPS) is 11.8. The lowest BCUT2D eigenvalue weighted by Crippen LogP contribution is -2.53. The minimum absolute atomic E-state index is 0.00786. The Hall–Kier alpha value is -4.34. The molecule has 0 unspecified atom stereocenters. The fourth-order valence-corrected chi connectivity index (χ4v) is 6.46. The molecule has 0 aliphatic rings. The molecule has 0 aliphatic carbocycles. The van der Waals surface area contributed by atoms with Crippen LogP contribution < -0.4 is 14.4 Å². The summed E-state index contributed by atoms with van der Waals surface area (Å²) in [5.74, 6) is -0.477. The summed E-state index contributed by atoms with van der Waals surface area (Å²) in [5, 5.41) is 3.37. The van der Waals surface area contributed by atoms with E-state index < -0.39 is 28.5 Å². The SMILES string of the molecule is CCCNC(=O)[C@H](Cc1ccccc1)N(Cc1ccccc1Cl)C(=O)CN(c1cccc(OC)c1)S(=O)(=O)c1ccc(C)cc1. The molecule has 0 aliphatic heterocycles. The summed E-state index contributed by atoms with van der Waals surface area (Å²) in [4.78, 5) is 29.7. The number of anilines is 1. The molecule has 0 saturated heterocycles. The van der Waals surface area contributed by atoms with Gasteiger partial charge in [0.05, 0.1) is 17.7 Å². The molecule has 2 amide bonds. The smallest absolute Gasteiger partial charge is 0.264 e. The third-order valence-electron chi connectivity index (χ3n) is 7.35. The quantitative estimate of drug-likeness (QED) is 0.181. The summed E-state index contributed by atoms with van der Waals surface area (Å²) >= 11 is 6.54. The Morgan fingerprint density at radius 1 is 0.911 bits per heavy atom. The van der Waals surface area contributed by atoms with Crippen molar-refractivity contribution in [1.82, 2.24) is 10.2 Å². The van der Waals surface area contributed by atoms with Gasteiger partial charge in [-0.25, -0.2) is 8.42 Å². The maximum Gasteiger partial charge on any atom is 0.264 e. The maximum atomic E-state index is 14.5. The highest BCUT2D eigenvalue weighted by Gasteiger charge is 2.35. The first-order valence-electron chi connectivity index (χ1n) is 14.7. The number of nitrogens with zero attached hydrogens (tertiary/aromatic N) is 2. The van der Waals surface area contributed by atoms with E-state index in [1.807, 2.05) is 44.2 Å². The fourth-order valence-electron chi connectivity index (χ4n) is 4.86. The second kappa shape index (κ2) is 15.6. The molecule has 1 N–H and O–H groups in total. The molecule has 236 valence electrons. The topological polar surface area (TPSA) is 96.0 Å². The zero-order valence-electron chi connectivity index (χ0n) is 25.6. The lowest BCUT2D eigenvalue weighted by atomic mass is 10.0. The standard InChI is InChI=1S/C35H38ClN3O5S/c1-4-21-37-35(41)33(22-27-11-6-5-7-12-27)38(24-28-13-8-9-16-32(28)36)34(40)25-39(29-14-10-15-30(23-29)44-3)45(42,43)31-19-17-26(2)18-20-31/h5-20,23,33H,4,21-22,24-25H2,1-3H3,(H,37,41)/t33-/m0/s1. The summed E-state index contributed by atoms with van der Waals surface area (Å²) in [6.07, 6.45) is 0.928. The van der Waals surface area contributed by atoms with Crippen molar-refractivity contribution in [2.24, 2.45) is 0 Å². The van der Waals surface area contributed by atoms with Crippen molar-refractivity contribution in [2.45, 2.75) is 44.2 Å². The highest BCUT2D eigenvalue weighted by atomic mass is 35.5. The molecule has 4 aromatic rings. The van der Waals surface area contributed by atoms with Gasteiger partial charge in [-0.05, 0) is 54.8 Å². The first-order valence-corrected chi connectivity index (χ1v) is 16.5. The summed E-state index contributed by atoms with van der Waals surface area (Å²) in [7, 11) is -2.74. The summed E-state index contributed by atoms with van der Waals surface area (Å²) in [5.41, 5.74) is 2.62. The fraction of sp³-hybridized carbons (Fsp3) is 0.257. The Morgan fingerprint density at radius 2 is 1.60 bits per heavy atom. The van der Waals surface area contributed by atoms with E-state index in [1.54, 1.807) is 60.7 Å². The Bertz CT molecular complexity index is 1700. The molecular weight excluding hydrogens is 610 g/mol. The summed E-state index contributed by atoms with van der Waals surface area (Å²) < 4.78 is 34.8. The van der Waals surface area contributed by atoms with Gasteiger partial charge in [0.2, 0.25) is 11.8 Å². The van der Waals surface area contributed by atoms with E-state index in [-0.39, 0.29) is 29.5 Å². The molecule has 0 bridgehead atoms. The highest BCUT2D eigenvalue weighted by Crippen LogP contribution is 2.28. The Kier molecular flexibility index (Phi) is 11.6. The molecule has 0 heterocycles. The van der Waals surface area contributed by atoms with Gasteiger partial charge in [0.25, 0.3) is 10.0 Å². The van der Waals surface area contributed by atoms with Gasteiger partial charge in [-0.2, -0.15) is 0 Å². The Balaban J connectivity index is 1.82. The van der Waals surface area contributed by atoms with Crippen LogP contribution >= 0.6 is 11.6 Å². The van der Waals surface area contributed by atoms with Crippen LogP contribution in [0.1, 0.15) is 30.0 Å². The van der Waals surface area contributed by atoms with Gasteiger partial charge in [-0.1, -0.05) is 90.8 Å². The number of carbonyl (C=O) groups excluding carboxylic acids is 2. The largest absolute Gasteiger partial charge is 0.497 e. The molecule has 45 heavy (non-hydrogen) atoms. The van der Waals surface area contributed by atoms with Gasteiger partial charge in [0.15, 0.2) is 0 Å². The number of aryl methyl sites for hydroxylation is 1. The van der Waals surface area contributed by atoms with Crippen molar-refractivity contribution < 1.29 is 22.7 Å². The number of halogens is 1. The maximum absolute atomic E-state index is 14.5. The van der Waals surface area contributed by atoms with Gasteiger partial charge in [0, 0.05) is 30.6 Å². The van der Waals surface area contributed by atoms with Crippen LogP contribution in [-0.2, 0) is 32.6 Å². The van der Waals surface area contributed by atoms with Crippen LogP contribution in [0.25, 0.3) is 0 Å². The summed E-state index contributed by atoms with van der Waals surface area (Å²) in [6.45, 7) is 3.66. The number of nitrogens with one attached hydrogen (secondary N) is 1. The van der Waals surface area contributed by atoms with E-state index in [1.165, 1.54) is 24.1 Å². The molecular formula is C35H38ClN3O5S. The van der Waals surface area contributed by atoms with E-state index in [4.69, 9.17) is 16.3 Å². The van der Waals surface area contributed by atoms with Crippen molar-refractivity contribution in [3.8, 4) is 5.75 Å². The van der Waals surface area contributed by atoms with Gasteiger partial charge in [-0.15, -0.1) is 0 Å². The lowest BCUT2D eigenvalue weighted by molar-refractivity contribution is -0.140. The predicted octanol–water partition coefficient (Wildman–Crippen LogP) is 6.02.